The first kappa shape index (κ1) is 17.5. The molecule has 0 radical (unpaired) electrons. The van der Waals surface area contributed by atoms with E-state index in [0.29, 0.717) is 36.5 Å². The van der Waals surface area contributed by atoms with Crippen LogP contribution in [0.4, 0.5) is 5.88 Å². The Balaban J connectivity index is 1.43. The van der Waals surface area contributed by atoms with Crippen molar-refractivity contribution in [3.63, 3.8) is 0 Å². The molecule has 2 aromatic heterocycles. The number of pyridine rings is 1. The maximum Gasteiger partial charge on any atom is 0.250 e. The number of oxazole rings is 1. The van der Waals surface area contributed by atoms with Crippen LogP contribution >= 0.6 is 0 Å². The zero-order valence-corrected chi connectivity index (χ0v) is 15.9. The summed E-state index contributed by atoms with van der Waals surface area (Å²) in [6.07, 6.45) is 4.76. The molecule has 5 rings (SSSR count). The number of hydrogen-bond donors (Lipinski definition) is 0. The summed E-state index contributed by atoms with van der Waals surface area (Å²) in [5.41, 5.74) is 2.49. The molecule has 6 heteroatoms. The van der Waals surface area contributed by atoms with E-state index in [9.17, 15) is 10.1 Å². The van der Waals surface area contributed by atoms with E-state index in [-0.39, 0.29) is 11.5 Å². The molecule has 1 fully saturated rings. The summed E-state index contributed by atoms with van der Waals surface area (Å²) in [5.74, 6) is 1.55. The van der Waals surface area contributed by atoms with Crippen LogP contribution in [0.25, 0.3) is 12.2 Å². The van der Waals surface area contributed by atoms with Gasteiger partial charge in [-0.05, 0) is 30.0 Å². The smallest absolute Gasteiger partial charge is 0.250 e. The number of fused-ring (bicyclic) bond motifs is 4. The average molecular weight is 384 g/mol. The van der Waals surface area contributed by atoms with Crippen molar-refractivity contribution >= 4 is 18.0 Å². The van der Waals surface area contributed by atoms with Gasteiger partial charge in [-0.25, -0.2) is 0 Å². The van der Waals surface area contributed by atoms with Crippen LogP contribution in [-0.4, -0.2) is 22.6 Å². The minimum absolute atomic E-state index is 0.0661. The van der Waals surface area contributed by atoms with Gasteiger partial charge in [0, 0.05) is 43.4 Å². The van der Waals surface area contributed by atoms with Gasteiger partial charge >= 0.3 is 0 Å². The lowest BCUT2D eigenvalue weighted by Gasteiger charge is -2.42. The first-order valence-electron chi connectivity index (χ1n) is 9.80. The van der Waals surface area contributed by atoms with Crippen LogP contribution in [0.2, 0.25) is 0 Å². The Kier molecular flexibility index (Phi) is 4.28. The molecule has 0 spiro atoms. The van der Waals surface area contributed by atoms with Gasteiger partial charge in [-0.1, -0.05) is 36.4 Å². The van der Waals surface area contributed by atoms with Gasteiger partial charge in [-0.15, -0.1) is 0 Å². The first-order chi connectivity index (χ1) is 14.2. The third-order valence-corrected chi connectivity index (χ3v) is 5.72. The molecule has 2 aliphatic heterocycles. The van der Waals surface area contributed by atoms with Crippen molar-refractivity contribution in [1.29, 1.82) is 5.26 Å². The van der Waals surface area contributed by atoms with Crippen LogP contribution in [-0.2, 0) is 6.54 Å². The third kappa shape index (κ3) is 3.25. The second-order valence-corrected chi connectivity index (χ2v) is 7.66. The molecule has 2 atom stereocenters. The van der Waals surface area contributed by atoms with Crippen LogP contribution in [0, 0.1) is 17.2 Å². The lowest BCUT2D eigenvalue weighted by molar-refractivity contribution is 0.275. The molecule has 144 valence electrons. The number of piperidine rings is 1. The normalized spacial score (nSPS) is 20.4. The first-order valence-corrected chi connectivity index (χ1v) is 9.80. The molecule has 6 nitrogen and oxygen atoms in total. The Morgan fingerprint density at radius 1 is 1.07 bits per heavy atom. The molecule has 0 amide bonds. The highest BCUT2D eigenvalue weighted by atomic mass is 16.4. The molecule has 0 saturated carbocycles. The fourth-order valence-electron chi connectivity index (χ4n) is 4.48. The molecule has 1 aromatic carbocycles. The van der Waals surface area contributed by atoms with Gasteiger partial charge in [0.05, 0.1) is 0 Å². The van der Waals surface area contributed by atoms with Gasteiger partial charge in [-0.2, -0.15) is 10.2 Å². The Morgan fingerprint density at radius 2 is 1.93 bits per heavy atom. The number of anilines is 1. The Labute approximate surface area is 168 Å². The quantitative estimate of drug-likeness (QED) is 0.691. The summed E-state index contributed by atoms with van der Waals surface area (Å²) in [4.78, 5) is 18.7. The van der Waals surface area contributed by atoms with E-state index in [1.807, 2.05) is 53.1 Å². The average Bonchev–Trinajstić information content (AvgIpc) is 3.17. The number of nitriles is 1. The largest absolute Gasteiger partial charge is 0.420 e. The summed E-state index contributed by atoms with van der Waals surface area (Å²) in [5, 5.41) is 9.58. The summed E-state index contributed by atoms with van der Waals surface area (Å²) in [6.45, 7) is 2.17. The molecule has 0 N–H and O–H groups in total. The molecule has 0 aliphatic carbocycles. The number of benzene rings is 1. The highest BCUT2D eigenvalue weighted by Gasteiger charge is 2.36. The van der Waals surface area contributed by atoms with Crippen molar-refractivity contribution in [2.45, 2.75) is 18.9 Å². The van der Waals surface area contributed by atoms with Gasteiger partial charge in [0.25, 0.3) is 5.56 Å². The molecular formula is C23H20N4O2. The summed E-state index contributed by atoms with van der Waals surface area (Å²) in [7, 11) is 0. The second-order valence-electron chi connectivity index (χ2n) is 7.66. The van der Waals surface area contributed by atoms with Crippen LogP contribution in [0.1, 0.15) is 35.2 Å². The zero-order chi connectivity index (χ0) is 19.8. The van der Waals surface area contributed by atoms with E-state index in [2.05, 4.69) is 16.0 Å². The van der Waals surface area contributed by atoms with Crippen LogP contribution in [0.5, 0.6) is 0 Å². The minimum Gasteiger partial charge on any atom is -0.420 e. The molecule has 2 bridgehead atoms. The standard InChI is InChI=1S/C23H20N4O2/c24-12-19-23(29-21(25-19)10-9-16-5-2-1-3-6-16)26-13-17-11-18(15-26)20-7-4-8-22(28)27(20)14-17/h1-10,17-18H,11,13-15H2/t17-,18-/m0/s1. The number of rotatable bonds is 3. The predicted octanol–water partition coefficient (Wildman–Crippen LogP) is 3.50. The Bertz CT molecular complexity index is 1170. The van der Waals surface area contributed by atoms with Crippen LogP contribution in [0.3, 0.4) is 0 Å². The fraction of sp³-hybridized carbons (Fsp3) is 0.261. The SMILES string of the molecule is N#Cc1nc(C=Cc2ccccc2)oc1N1C[C@@H]2C[C@@H](C1)c1cccc(=O)n1C2. The number of aromatic nitrogens is 2. The van der Waals surface area contributed by atoms with Crippen molar-refractivity contribution in [2.75, 3.05) is 18.0 Å². The van der Waals surface area contributed by atoms with Crippen LogP contribution < -0.4 is 10.5 Å². The molecule has 2 aliphatic rings. The third-order valence-electron chi connectivity index (χ3n) is 5.72. The van der Waals surface area contributed by atoms with Gasteiger partial charge in [0.15, 0.2) is 0 Å². The highest BCUT2D eigenvalue weighted by Crippen LogP contribution is 2.38. The molecule has 29 heavy (non-hydrogen) atoms. The van der Waals surface area contributed by atoms with Gasteiger partial charge < -0.3 is 13.9 Å². The van der Waals surface area contributed by atoms with Gasteiger partial charge in [0.1, 0.15) is 6.07 Å². The molecule has 3 aromatic rings. The predicted molar refractivity (Wildman–Crippen MR) is 110 cm³/mol. The summed E-state index contributed by atoms with van der Waals surface area (Å²) in [6, 6.07) is 17.6. The maximum absolute atomic E-state index is 12.2. The van der Waals surface area contributed by atoms with E-state index in [1.165, 1.54) is 0 Å². The van der Waals surface area contributed by atoms with E-state index in [4.69, 9.17) is 4.42 Å². The monoisotopic (exact) mass is 384 g/mol. The van der Waals surface area contributed by atoms with Crippen molar-refractivity contribution < 1.29 is 4.42 Å². The van der Waals surface area contributed by atoms with E-state index in [1.54, 1.807) is 12.1 Å². The number of nitrogens with zero attached hydrogens (tertiary/aromatic N) is 4. The maximum atomic E-state index is 12.2. The molecule has 4 heterocycles. The van der Waals surface area contributed by atoms with Gasteiger partial charge in [-0.3, -0.25) is 4.79 Å². The topological polar surface area (TPSA) is 75.1 Å². The van der Waals surface area contributed by atoms with Crippen molar-refractivity contribution in [2.24, 2.45) is 5.92 Å². The van der Waals surface area contributed by atoms with Crippen molar-refractivity contribution in [3.05, 3.63) is 81.7 Å². The fourth-order valence-corrected chi connectivity index (χ4v) is 4.48. The van der Waals surface area contributed by atoms with Crippen molar-refractivity contribution in [3.8, 4) is 6.07 Å². The Hall–Kier alpha value is -3.59. The van der Waals surface area contributed by atoms with E-state index in [0.717, 1.165) is 24.2 Å². The number of hydrogen-bond acceptors (Lipinski definition) is 5. The Morgan fingerprint density at radius 3 is 2.76 bits per heavy atom. The zero-order valence-electron chi connectivity index (χ0n) is 15.9. The van der Waals surface area contributed by atoms with Crippen LogP contribution in [0.15, 0.2) is 57.7 Å². The minimum atomic E-state index is 0.0661. The molecule has 1 saturated heterocycles. The summed E-state index contributed by atoms with van der Waals surface area (Å²) < 4.78 is 7.88. The van der Waals surface area contributed by atoms with E-state index < -0.39 is 0 Å². The summed E-state index contributed by atoms with van der Waals surface area (Å²) >= 11 is 0. The molecular weight excluding hydrogens is 364 g/mol. The van der Waals surface area contributed by atoms with Gasteiger partial charge in [0.2, 0.25) is 17.5 Å². The van der Waals surface area contributed by atoms with Crippen molar-refractivity contribution in [1.82, 2.24) is 9.55 Å². The van der Waals surface area contributed by atoms with E-state index >= 15 is 0 Å². The lowest BCUT2D eigenvalue weighted by atomic mass is 9.83. The lowest BCUT2D eigenvalue weighted by Crippen LogP contribution is -2.47. The molecule has 0 unspecified atom stereocenters. The second kappa shape index (κ2) is 7.10. The highest BCUT2D eigenvalue weighted by molar-refractivity contribution is 5.67.